The number of hydrogen-bond donors (Lipinski definition) is 2. The van der Waals surface area contributed by atoms with Crippen LogP contribution >= 0.6 is 0 Å². The van der Waals surface area contributed by atoms with Crippen LogP contribution in [0.3, 0.4) is 0 Å². The van der Waals surface area contributed by atoms with Crippen molar-refractivity contribution in [2.24, 2.45) is 5.10 Å². The van der Waals surface area contributed by atoms with Crippen molar-refractivity contribution in [1.29, 1.82) is 0 Å². The molecule has 0 fully saturated rings. The highest BCUT2D eigenvalue weighted by Gasteiger charge is 2.06. The molecule has 0 aliphatic heterocycles. The van der Waals surface area contributed by atoms with Crippen LogP contribution in [0.4, 0.5) is 4.39 Å². The number of rotatable bonds is 5. The van der Waals surface area contributed by atoms with Gasteiger partial charge in [0.2, 0.25) is 0 Å². The minimum Gasteiger partial charge on any atom is -0.484 e. The molecule has 0 radical (unpaired) electrons. The number of carbonyl (C=O) groups excluding carboxylic acids is 1. The van der Waals surface area contributed by atoms with Crippen LogP contribution in [0.1, 0.15) is 12.7 Å². The lowest BCUT2D eigenvalue weighted by atomic mass is 10.3. The summed E-state index contributed by atoms with van der Waals surface area (Å²) in [5, 5.41) is 4.00. The number of hydrazone groups is 1. The van der Waals surface area contributed by atoms with Gasteiger partial charge in [-0.2, -0.15) is 5.10 Å². The molecule has 0 aliphatic rings. The van der Waals surface area contributed by atoms with Crippen molar-refractivity contribution in [2.45, 2.75) is 6.92 Å². The molecule has 122 valence electrons. The molecular weight excluding hydrogens is 311 g/mol. The molecule has 7 heteroatoms. The topological polar surface area (TPSA) is 79.4 Å². The maximum atomic E-state index is 12.8. The lowest BCUT2D eigenvalue weighted by Gasteiger charge is -2.05. The van der Waals surface area contributed by atoms with Crippen molar-refractivity contribution < 1.29 is 13.9 Å². The van der Waals surface area contributed by atoms with Gasteiger partial charge in [0.05, 0.1) is 11.0 Å². The highest BCUT2D eigenvalue weighted by atomic mass is 19.1. The number of carbonyl (C=O) groups is 1. The maximum Gasteiger partial charge on any atom is 0.277 e. The molecule has 1 aromatic heterocycles. The van der Waals surface area contributed by atoms with E-state index in [1.54, 1.807) is 6.92 Å². The van der Waals surface area contributed by atoms with E-state index in [9.17, 15) is 9.18 Å². The lowest BCUT2D eigenvalue weighted by Crippen LogP contribution is -2.25. The Morgan fingerprint density at radius 1 is 1.25 bits per heavy atom. The first-order valence-electron chi connectivity index (χ1n) is 7.28. The van der Waals surface area contributed by atoms with Gasteiger partial charge in [0, 0.05) is 0 Å². The predicted molar refractivity (Wildman–Crippen MR) is 88.3 cm³/mol. The number of nitrogens with one attached hydrogen (secondary N) is 2. The molecule has 0 saturated carbocycles. The molecule has 24 heavy (non-hydrogen) atoms. The van der Waals surface area contributed by atoms with Crippen molar-refractivity contribution in [2.75, 3.05) is 6.61 Å². The van der Waals surface area contributed by atoms with Crippen LogP contribution in [0.5, 0.6) is 5.75 Å². The fourth-order valence-corrected chi connectivity index (χ4v) is 2.04. The van der Waals surface area contributed by atoms with E-state index >= 15 is 0 Å². The molecule has 1 amide bonds. The maximum absolute atomic E-state index is 12.8. The fraction of sp³-hybridized carbons (Fsp3) is 0.118. The Balaban J connectivity index is 1.57. The summed E-state index contributed by atoms with van der Waals surface area (Å²) in [5.74, 6) is 0.202. The van der Waals surface area contributed by atoms with Gasteiger partial charge < -0.3 is 9.72 Å². The molecule has 0 aliphatic carbocycles. The van der Waals surface area contributed by atoms with Crippen molar-refractivity contribution in [1.82, 2.24) is 15.4 Å². The zero-order chi connectivity index (χ0) is 16.9. The van der Waals surface area contributed by atoms with Gasteiger partial charge in [-0.05, 0) is 43.3 Å². The summed E-state index contributed by atoms with van der Waals surface area (Å²) in [4.78, 5) is 19.3. The monoisotopic (exact) mass is 326 g/mol. The fourth-order valence-electron chi connectivity index (χ4n) is 2.04. The Hall–Kier alpha value is -3.22. The summed E-state index contributed by atoms with van der Waals surface area (Å²) in [6.07, 6.45) is 0. The van der Waals surface area contributed by atoms with E-state index < -0.39 is 5.91 Å². The molecular formula is C17H15FN4O2. The highest BCUT2D eigenvalue weighted by molar-refractivity contribution is 5.98. The van der Waals surface area contributed by atoms with Crippen LogP contribution in [0, 0.1) is 5.82 Å². The second kappa shape index (κ2) is 6.91. The van der Waals surface area contributed by atoms with Crippen LogP contribution < -0.4 is 10.2 Å². The van der Waals surface area contributed by atoms with Gasteiger partial charge in [-0.1, -0.05) is 12.1 Å². The number of benzene rings is 2. The van der Waals surface area contributed by atoms with Crippen LogP contribution in [0.25, 0.3) is 11.0 Å². The first kappa shape index (κ1) is 15.7. The number of aromatic amines is 1. The molecule has 1 heterocycles. The Kier molecular flexibility index (Phi) is 4.51. The molecule has 0 bridgehead atoms. The average Bonchev–Trinajstić information content (AvgIpc) is 3.03. The van der Waals surface area contributed by atoms with E-state index in [2.05, 4.69) is 20.5 Å². The van der Waals surface area contributed by atoms with Crippen LogP contribution in [0.2, 0.25) is 0 Å². The number of imidazole rings is 1. The third kappa shape index (κ3) is 3.75. The number of halogens is 1. The lowest BCUT2D eigenvalue weighted by molar-refractivity contribution is -0.123. The van der Waals surface area contributed by atoms with Crippen molar-refractivity contribution >= 4 is 22.7 Å². The van der Waals surface area contributed by atoms with Gasteiger partial charge in [-0.15, -0.1) is 0 Å². The van der Waals surface area contributed by atoms with E-state index in [1.165, 1.54) is 24.3 Å². The summed E-state index contributed by atoms with van der Waals surface area (Å²) in [5.41, 5.74) is 4.66. The van der Waals surface area contributed by atoms with Gasteiger partial charge >= 0.3 is 0 Å². The van der Waals surface area contributed by atoms with E-state index in [1.807, 2.05) is 24.3 Å². The minimum absolute atomic E-state index is 0.220. The number of ether oxygens (including phenoxy) is 1. The number of aromatic nitrogens is 2. The first-order chi connectivity index (χ1) is 11.6. The number of hydrogen-bond acceptors (Lipinski definition) is 4. The molecule has 3 rings (SSSR count). The molecule has 3 aromatic rings. The molecule has 2 N–H and O–H groups in total. The minimum atomic E-state index is -0.421. The summed E-state index contributed by atoms with van der Waals surface area (Å²) in [7, 11) is 0. The molecule has 0 unspecified atom stereocenters. The number of H-pyrrole nitrogens is 1. The number of fused-ring (bicyclic) bond motifs is 1. The second-order valence-corrected chi connectivity index (χ2v) is 5.08. The summed E-state index contributed by atoms with van der Waals surface area (Å²) < 4.78 is 18.0. The molecule has 0 atom stereocenters. The van der Waals surface area contributed by atoms with Crippen LogP contribution in [0.15, 0.2) is 53.6 Å². The van der Waals surface area contributed by atoms with Crippen molar-refractivity contribution in [3.05, 3.63) is 60.2 Å². The van der Waals surface area contributed by atoms with E-state index in [0.29, 0.717) is 17.3 Å². The quantitative estimate of drug-likeness (QED) is 0.559. The van der Waals surface area contributed by atoms with Gasteiger partial charge in [-0.25, -0.2) is 14.8 Å². The number of amides is 1. The number of nitrogens with zero attached hydrogens (tertiary/aromatic N) is 2. The van der Waals surface area contributed by atoms with Gasteiger partial charge in [0.15, 0.2) is 12.4 Å². The van der Waals surface area contributed by atoms with E-state index in [-0.39, 0.29) is 12.4 Å². The summed E-state index contributed by atoms with van der Waals surface area (Å²) in [6.45, 7) is 1.52. The Morgan fingerprint density at radius 2 is 2.00 bits per heavy atom. The molecule has 0 spiro atoms. The summed E-state index contributed by atoms with van der Waals surface area (Å²) in [6, 6.07) is 13.0. The van der Waals surface area contributed by atoms with Gasteiger partial charge in [-0.3, -0.25) is 4.79 Å². The smallest absolute Gasteiger partial charge is 0.277 e. The highest BCUT2D eigenvalue weighted by Crippen LogP contribution is 2.11. The SMILES string of the molecule is CC(=NNC(=O)COc1ccc(F)cc1)c1nc2ccccc2[nH]1. The third-order valence-electron chi connectivity index (χ3n) is 3.26. The molecule has 6 nitrogen and oxygen atoms in total. The zero-order valence-corrected chi connectivity index (χ0v) is 12.9. The summed E-state index contributed by atoms with van der Waals surface area (Å²) >= 11 is 0. The molecule has 2 aromatic carbocycles. The Morgan fingerprint density at radius 3 is 2.75 bits per heavy atom. The zero-order valence-electron chi connectivity index (χ0n) is 12.9. The van der Waals surface area contributed by atoms with Crippen LogP contribution in [-0.4, -0.2) is 28.2 Å². The normalized spacial score (nSPS) is 11.5. The number of para-hydroxylation sites is 2. The first-order valence-corrected chi connectivity index (χ1v) is 7.28. The average molecular weight is 326 g/mol. The van der Waals surface area contributed by atoms with Gasteiger partial charge in [0.1, 0.15) is 17.3 Å². The standard InChI is InChI=1S/C17H15FN4O2/c1-11(17-19-14-4-2-3-5-15(14)20-17)21-22-16(23)10-24-13-8-6-12(18)7-9-13/h2-9H,10H2,1H3,(H,19,20)(H,22,23). The van der Waals surface area contributed by atoms with Crippen LogP contribution in [-0.2, 0) is 4.79 Å². The Bertz CT molecular complexity index is 854. The molecule has 0 saturated heterocycles. The van der Waals surface area contributed by atoms with Gasteiger partial charge in [0.25, 0.3) is 5.91 Å². The second-order valence-electron chi connectivity index (χ2n) is 5.08. The largest absolute Gasteiger partial charge is 0.484 e. The predicted octanol–water partition coefficient (Wildman–Crippen LogP) is 2.62. The van der Waals surface area contributed by atoms with Crippen molar-refractivity contribution in [3.8, 4) is 5.75 Å². The van der Waals surface area contributed by atoms with E-state index in [0.717, 1.165) is 11.0 Å². The van der Waals surface area contributed by atoms with Crippen molar-refractivity contribution in [3.63, 3.8) is 0 Å². The Labute approximate surface area is 137 Å². The third-order valence-corrected chi connectivity index (χ3v) is 3.26. The van der Waals surface area contributed by atoms with E-state index in [4.69, 9.17) is 4.74 Å².